The van der Waals surface area contributed by atoms with Crippen LogP contribution >= 0.6 is 34.5 Å². The Labute approximate surface area is 171 Å². The van der Waals surface area contributed by atoms with E-state index >= 15 is 0 Å². The monoisotopic (exact) mass is 421 g/mol. The quantitative estimate of drug-likeness (QED) is 0.498. The third-order valence-corrected chi connectivity index (χ3v) is 5.45. The minimum Gasteiger partial charge on any atom is -0.478 e. The molecular weight excluding hydrogens is 405 g/mol. The first kappa shape index (κ1) is 19.6. The maximum absolute atomic E-state index is 11.1. The zero-order chi connectivity index (χ0) is 19.6. The number of rotatable bonds is 6. The van der Waals surface area contributed by atoms with E-state index in [1.807, 2.05) is 6.07 Å². The predicted molar refractivity (Wildman–Crippen MR) is 111 cm³/mol. The van der Waals surface area contributed by atoms with Gasteiger partial charge >= 0.3 is 5.97 Å². The van der Waals surface area contributed by atoms with E-state index < -0.39 is 5.97 Å². The molecule has 3 aromatic rings. The Balaban J connectivity index is 1.97. The molecule has 0 unspecified atom stereocenters. The molecule has 0 spiro atoms. The van der Waals surface area contributed by atoms with Crippen molar-refractivity contribution in [3.8, 4) is 11.3 Å². The minimum atomic E-state index is -1.03. The molecule has 0 fully saturated rings. The van der Waals surface area contributed by atoms with Crippen LogP contribution in [-0.4, -0.2) is 21.0 Å². The van der Waals surface area contributed by atoms with Gasteiger partial charge in [-0.25, -0.2) is 9.78 Å². The summed E-state index contributed by atoms with van der Waals surface area (Å²) in [6.07, 6.45) is 3.73. The standard InChI is InChI=1S/C19H17Cl2N3O2S/c1-10(2)5-16-17(11-3-4-14(20)15(21)7-11)24-19(27-16)23-13-6-12(18(25)26)8-22-9-13/h3-4,6-10H,5H2,1-2H3,(H,23,24)(H,25,26). The highest BCUT2D eigenvalue weighted by Gasteiger charge is 2.16. The van der Waals surface area contributed by atoms with Crippen molar-refractivity contribution in [3.63, 3.8) is 0 Å². The van der Waals surface area contributed by atoms with Crippen molar-refractivity contribution in [2.75, 3.05) is 5.32 Å². The molecule has 0 radical (unpaired) electrons. The number of nitrogens with zero attached hydrogens (tertiary/aromatic N) is 2. The molecule has 2 N–H and O–H groups in total. The summed E-state index contributed by atoms with van der Waals surface area (Å²) in [7, 11) is 0. The van der Waals surface area contributed by atoms with Crippen molar-refractivity contribution in [1.82, 2.24) is 9.97 Å². The fourth-order valence-corrected chi connectivity index (χ4v) is 4.05. The topological polar surface area (TPSA) is 75.1 Å². The molecule has 8 heteroatoms. The minimum absolute atomic E-state index is 0.115. The summed E-state index contributed by atoms with van der Waals surface area (Å²) in [5.41, 5.74) is 2.42. The van der Waals surface area contributed by atoms with Crippen LogP contribution in [0.4, 0.5) is 10.8 Å². The van der Waals surface area contributed by atoms with Gasteiger partial charge in [-0.05, 0) is 30.5 Å². The van der Waals surface area contributed by atoms with Crippen LogP contribution in [0.25, 0.3) is 11.3 Å². The summed E-state index contributed by atoms with van der Waals surface area (Å²) in [6, 6.07) is 6.98. The maximum atomic E-state index is 11.1. The molecule has 0 amide bonds. The van der Waals surface area contributed by atoms with Crippen LogP contribution in [0.1, 0.15) is 29.1 Å². The van der Waals surface area contributed by atoms with Gasteiger partial charge in [0.05, 0.1) is 33.2 Å². The normalized spacial score (nSPS) is 11.0. The molecule has 0 saturated carbocycles. The van der Waals surface area contributed by atoms with E-state index in [0.717, 1.165) is 22.6 Å². The third-order valence-electron chi connectivity index (χ3n) is 3.72. The molecule has 0 saturated heterocycles. The Morgan fingerprint density at radius 2 is 2.00 bits per heavy atom. The maximum Gasteiger partial charge on any atom is 0.337 e. The number of carbonyl (C=O) groups is 1. The second kappa shape index (κ2) is 8.25. The largest absolute Gasteiger partial charge is 0.478 e. The number of anilines is 2. The van der Waals surface area contributed by atoms with Gasteiger partial charge in [-0.2, -0.15) is 0 Å². The second-order valence-electron chi connectivity index (χ2n) is 6.41. The lowest BCUT2D eigenvalue weighted by atomic mass is 10.0. The molecule has 0 aliphatic rings. The summed E-state index contributed by atoms with van der Waals surface area (Å²) < 4.78 is 0. The van der Waals surface area contributed by atoms with Crippen LogP contribution in [0.15, 0.2) is 36.7 Å². The first-order chi connectivity index (χ1) is 12.8. The van der Waals surface area contributed by atoms with Crippen LogP contribution < -0.4 is 5.32 Å². The van der Waals surface area contributed by atoms with Gasteiger partial charge in [0.15, 0.2) is 5.13 Å². The first-order valence-electron chi connectivity index (χ1n) is 8.24. The molecule has 27 heavy (non-hydrogen) atoms. The Hall–Kier alpha value is -2.15. The second-order valence-corrected chi connectivity index (χ2v) is 8.31. The van der Waals surface area contributed by atoms with Gasteiger partial charge in [0.2, 0.25) is 0 Å². The highest BCUT2D eigenvalue weighted by molar-refractivity contribution is 7.16. The van der Waals surface area contributed by atoms with Crippen LogP contribution in [0, 0.1) is 5.92 Å². The fourth-order valence-electron chi connectivity index (χ4n) is 2.53. The number of pyridine rings is 1. The number of nitrogens with one attached hydrogen (secondary N) is 1. The van der Waals surface area contributed by atoms with Crippen molar-refractivity contribution < 1.29 is 9.90 Å². The summed E-state index contributed by atoms with van der Waals surface area (Å²) in [5.74, 6) is -0.570. The van der Waals surface area contributed by atoms with Gasteiger partial charge in [-0.1, -0.05) is 43.1 Å². The molecule has 5 nitrogen and oxygen atoms in total. The van der Waals surface area contributed by atoms with E-state index in [9.17, 15) is 4.79 Å². The van der Waals surface area contributed by atoms with E-state index in [1.54, 1.807) is 18.3 Å². The van der Waals surface area contributed by atoms with E-state index in [0.29, 0.717) is 26.8 Å². The van der Waals surface area contributed by atoms with E-state index in [2.05, 4.69) is 24.1 Å². The van der Waals surface area contributed by atoms with Crippen molar-refractivity contribution in [3.05, 3.63) is 57.1 Å². The molecule has 2 heterocycles. The van der Waals surface area contributed by atoms with Crippen molar-refractivity contribution in [1.29, 1.82) is 0 Å². The highest BCUT2D eigenvalue weighted by Crippen LogP contribution is 2.36. The van der Waals surface area contributed by atoms with Crippen molar-refractivity contribution >= 4 is 51.3 Å². The molecule has 3 rings (SSSR count). The Morgan fingerprint density at radius 3 is 2.67 bits per heavy atom. The van der Waals surface area contributed by atoms with Crippen LogP contribution in [0.3, 0.4) is 0 Å². The van der Waals surface area contributed by atoms with Gasteiger partial charge in [-0.15, -0.1) is 11.3 Å². The molecule has 140 valence electrons. The first-order valence-corrected chi connectivity index (χ1v) is 9.81. The summed E-state index contributed by atoms with van der Waals surface area (Å²) in [4.78, 5) is 20.9. The van der Waals surface area contributed by atoms with Gasteiger partial charge in [0.25, 0.3) is 0 Å². The smallest absolute Gasteiger partial charge is 0.337 e. The SMILES string of the molecule is CC(C)Cc1sc(Nc2cncc(C(=O)O)c2)nc1-c1ccc(Cl)c(Cl)c1. The lowest BCUT2D eigenvalue weighted by Crippen LogP contribution is -1.99. The molecule has 0 bridgehead atoms. The summed E-state index contributed by atoms with van der Waals surface area (Å²) >= 11 is 13.7. The van der Waals surface area contributed by atoms with E-state index in [4.69, 9.17) is 33.3 Å². The Bertz CT molecular complexity index is 989. The third kappa shape index (κ3) is 4.77. The highest BCUT2D eigenvalue weighted by atomic mass is 35.5. The molecule has 0 aliphatic heterocycles. The number of aromatic nitrogens is 2. The van der Waals surface area contributed by atoms with Gasteiger partial charge in [0.1, 0.15) is 0 Å². The molecule has 2 aromatic heterocycles. The average Bonchev–Trinajstić information content (AvgIpc) is 2.99. The Kier molecular flexibility index (Phi) is 5.99. The molecule has 1 aromatic carbocycles. The van der Waals surface area contributed by atoms with E-state index in [1.165, 1.54) is 23.6 Å². The van der Waals surface area contributed by atoms with Crippen LogP contribution in [0.5, 0.6) is 0 Å². The van der Waals surface area contributed by atoms with Crippen LogP contribution in [0.2, 0.25) is 10.0 Å². The predicted octanol–water partition coefficient (Wildman–Crippen LogP) is 6.15. The number of hydrogen-bond donors (Lipinski definition) is 2. The molecule has 0 atom stereocenters. The number of thiazole rings is 1. The number of carboxylic acids is 1. The number of carboxylic acid groups (broad SMARTS) is 1. The molecule has 0 aliphatic carbocycles. The zero-order valence-electron chi connectivity index (χ0n) is 14.7. The van der Waals surface area contributed by atoms with Gasteiger partial charge < -0.3 is 10.4 Å². The van der Waals surface area contributed by atoms with Gasteiger partial charge in [-0.3, -0.25) is 4.98 Å². The lowest BCUT2D eigenvalue weighted by molar-refractivity contribution is 0.0696. The number of aromatic carboxylic acids is 1. The van der Waals surface area contributed by atoms with Crippen LogP contribution in [-0.2, 0) is 6.42 Å². The zero-order valence-corrected chi connectivity index (χ0v) is 17.0. The van der Waals surface area contributed by atoms with Crippen molar-refractivity contribution in [2.45, 2.75) is 20.3 Å². The lowest BCUT2D eigenvalue weighted by Gasteiger charge is -2.06. The molecular formula is C19H17Cl2N3O2S. The fraction of sp³-hybridized carbons (Fsp3) is 0.211. The number of hydrogen-bond acceptors (Lipinski definition) is 5. The van der Waals surface area contributed by atoms with Crippen molar-refractivity contribution in [2.24, 2.45) is 5.92 Å². The number of benzene rings is 1. The average molecular weight is 422 g/mol. The van der Waals surface area contributed by atoms with E-state index in [-0.39, 0.29) is 5.56 Å². The summed E-state index contributed by atoms with van der Waals surface area (Å²) in [5, 5.41) is 13.9. The number of halogens is 2. The van der Waals surface area contributed by atoms with Gasteiger partial charge in [0, 0.05) is 16.6 Å². The Morgan fingerprint density at radius 1 is 1.22 bits per heavy atom. The summed E-state index contributed by atoms with van der Waals surface area (Å²) in [6.45, 7) is 4.29.